The Bertz CT molecular complexity index is 886. The van der Waals surface area contributed by atoms with Crippen LogP contribution < -0.4 is 0 Å². The number of hydrogen-bond acceptors (Lipinski definition) is 2. The molecule has 0 spiro atoms. The Morgan fingerprint density at radius 1 is 0.750 bits per heavy atom. The fraction of sp³-hybridized carbons (Fsp3) is 0.273. The van der Waals surface area contributed by atoms with Gasteiger partial charge >= 0.3 is 0 Å². The zero-order valence-corrected chi connectivity index (χ0v) is 13.5. The number of rotatable bonds is 2. The number of ether oxygens (including phenoxy) is 2. The SMILES string of the molecule is c1ccc2c(c1)CO[C@@H]2[C@@H]1CCO[C@H]1c1ccc2ccccc2c1. The van der Waals surface area contributed by atoms with Crippen LogP contribution in [0.3, 0.4) is 0 Å². The lowest BCUT2D eigenvalue weighted by Gasteiger charge is -2.25. The van der Waals surface area contributed by atoms with Gasteiger partial charge in [-0.25, -0.2) is 0 Å². The van der Waals surface area contributed by atoms with Crippen LogP contribution in [0.4, 0.5) is 0 Å². The Balaban J connectivity index is 1.51. The van der Waals surface area contributed by atoms with Gasteiger partial charge in [0.05, 0.1) is 18.8 Å². The normalized spacial score (nSPS) is 25.9. The molecule has 0 aliphatic carbocycles. The maximum Gasteiger partial charge on any atom is 0.0890 e. The number of benzene rings is 3. The van der Waals surface area contributed by atoms with Crippen LogP contribution in [0.5, 0.6) is 0 Å². The van der Waals surface area contributed by atoms with Gasteiger partial charge in [-0.2, -0.15) is 0 Å². The highest BCUT2D eigenvalue weighted by atomic mass is 16.5. The summed E-state index contributed by atoms with van der Waals surface area (Å²) in [5.41, 5.74) is 3.94. The van der Waals surface area contributed by atoms with E-state index in [0.717, 1.165) is 19.6 Å². The van der Waals surface area contributed by atoms with Crippen molar-refractivity contribution in [1.82, 2.24) is 0 Å². The van der Waals surface area contributed by atoms with Gasteiger partial charge in [-0.05, 0) is 39.9 Å². The van der Waals surface area contributed by atoms with Crippen LogP contribution in [0.25, 0.3) is 10.8 Å². The zero-order valence-electron chi connectivity index (χ0n) is 13.5. The van der Waals surface area contributed by atoms with Crippen LogP contribution in [0.2, 0.25) is 0 Å². The second-order valence-corrected chi connectivity index (χ2v) is 6.78. The summed E-state index contributed by atoms with van der Waals surface area (Å²) in [6.07, 6.45) is 1.32. The van der Waals surface area contributed by atoms with Crippen molar-refractivity contribution in [3.63, 3.8) is 0 Å². The monoisotopic (exact) mass is 316 g/mol. The molecule has 2 aliphatic heterocycles. The molecule has 2 aliphatic rings. The van der Waals surface area contributed by atoms with E-state index in [2.05, 4.69) is 66.7 Å². The fourth-order valence-electron chi connectivity index (χ4n) is 4.21. The van der Waals surface area contributed by atoms with E-state index in [4.69, 9.17) is 9.47 Å². The first kappa shape index (κ1) is 14.2. The van der Waals surface area contributed by atoms with Crippen molar-refractivity contribution in [1.29, 1.82) is 0 Å². The Morgan fingerprint density at radius 3 is 2.54 bits per heavy atom. The minimum atomic E-state index is 0.116. The first-order chi connectivity index (χ1) is 11.9. The average molecular weight is 316 g/mol. The fourth-order valence-corrected chi connectivity index (χ4v) is 4.21. The smallest absolute Gasteiger partial charge is 0.0890 e. The van der Waals surface area contributed by atoms with Crippen LogP contribution in [-0.2, 0) is 16.1 Å². The molecule has 0 amide bonds. The molecule has 0 unspecified atom stereocenters. The minimum Gasteiger partial charge on any atom is -0.373 e. The summed E-state index contributed by atoms with van der Waals surface area (Å²) >= 11 is 0. The van der Waals surface area contributed by atoms with Crippen molar-refractivity contribution in [2.24, 2.45) is 5.92 Å². The lowest BCUT2D eigenvalue weighted by atomic mass is 9.86. The molecule has 0 saturated carbocycles. The quantitative estimate of drug-likeness (QED) is 0.648. The molecule has 0 bridgehead atoms. The van der Waals surface area contributed by atoms with Gasteiger partial charge in [0.25, 0.3) is 0 Å². The topological polar surface area (TPSA) is 18.5 Å². The molecule has 3 atom stereocenters. The van der Waals surface area contributed by atoms with E-state index < -0.39 is 0 Å². The molecule has 5 rings (SSSR count). The van der Waals surface area contributed by atoms with Gasteiger partial charge < -0.3 is 9.47 Å². The van der Waals surface area contributed by atoms with Crippen molar-refractivity contribution in [3.8, 4) is 0 Å². The van der Waals surface area contributed by atoms with Crippen molar-refractivity contribution in [3.05, 3.63) is 83.4 Å². The van der Waals surface area contributed by atoms with Crippen LogP contribution >= 0.6 is 0 Å². The van der Waals surface area contributed by atoms with E-state index in [1.807, 2.05) is 0 Å². The molecule has 120 valence electrons. The van der Waals surface area contributed by atoms with Crippen molar-refractivity contribution in [2.75, 3.05) is 6.61 Å². The zero-order chi connectivity index (χ0) is 15.9. The molecule has 3 aromatic carbocycles. The van der Waals surface area contributed by atoms with E-state index in [-0.39, 0.29) is 12.2 Å². The largest absolute Gasteiger partial charge is 0.373 e. The summed E-state index contributed by atoms with van der Waals surface area (Å²) in [7, 11) is 0. The first-order valence-corrected chi connectivity index (χ1v) is 8.70. The van der Waals surface area contributed by atoms with E-state index >= 15 is 0 Å². The molecular weight excluding hydrogens is 296 g/mol. The summed E-state index contributed by atoms with van der Waals surface area (Å²) in [5.74, 6) is 0.384. The summed E-state index contributed by atoms with van der Waals surface area (Å²) in [6.45, 7) is 1.53. The van der Waals surface area contributed by atoms with Gasteiger partial charge in [-0.3, -0.25) is 0 Å². The van der Waals surface area contributed by atoms with Crippen LogP contribution in [0.1, 0.15) is 35.3 Å². The van der Waals surface area contributed by atoms with Gasteiger partial charge in [0, 0.05) is 12.5 Å². The molecule has 0 radical (unpaired) electrons. The predicted octanol–water partition coefficient (Wildman–Crippen LogP) is 5.19. The molecule has 1 saturated heterocycles. The number of fused-ring (bicyclic) bond motifs is 2. The van der Waals surface area contributed by atoms with Gasteiger partial charge in [0.1, 0.15) is 0 Å². The summed E-state index contributed by atoms with van der Waals surface area (Å²) in [4.78, 5) is 0. The minimum absolute atomic E-state index is 0.116. The maximum atomic E-state index is 6.17. The average Bonchev–Trinajstić information content (AvgIpc) is 3.27. The first-order valence-electron chi connectivity index (χ1n) is 8.70. The molecular formula is C22H20O2. The molecule has 0 aromatic heterocycles. The standard InChI is InChI=1S/C22H20O2/c1-2-6-16-13-17(10-9-15(16)5-1)21-20(11-12-23-21)22-19-8-4-3-7-18(19)14-24-22/h1-10,13,20-22H,11-12,14H2/t20-,21+,22+/m1/s1. The Hall–Kier alpha value is -2.16. The van der Waals surface area contributed by atoms with E-state index in [1.165, 1.54) is 27.5 Å². The highest BCUT2D eigenvalue weighted by Gasteiger charge is 2.40. The summed E-state index contributed by atoms with van der Waals surface area (Å²) in [5, 5.41) is 2.55. The predicted molar refractivity (Wildman–Crippen MR) is 94.7 cm³/mol. The van der Waals surface area contributed by atoms with Crippen LogP contribution in [0.15, 0.2) is 66.7 Å². The number of hydrogen-bond donors (Lipinski definition) is 0. The van der Waals surface area contributed by atoms with Gasteiger partial charge in [0.15, 0.2) is 0 Å². The third-order valence-corrected chi connectivity index (χ3v) is 5.41. The Labute approximate surface area is 142 Å². The molecule has 0 N–H and O–H groups in total. The molecule has 3 aromatic rings. The van der Waals surface area contributed by atoms with E-state index in [1.54, 1.807) is 0 Å². The van der Waals surface area contributed by atoms with Gasteiger partial charge in [-0.15, -0.1) is 0 Å². The highest BCUT2D eigenvalue weighted by molar-refractivity contribution is 5.83. The van der Waals surface area contributed by atoms with Gasteiger partial charge in [-0.1, -0.05) is 60.7 Å². The third-order valence-electron chi connectivity index (χ3n) is 5.41. The molecule has 24 heavy (non-hydrogen) atoms. The second kappa shape index (κ2) is 5.73. The lowest BCUT2D eigenvalue weighted by molar-refractivity contribution is -0.0115. The molecule has 2 nitrogen and oxygen atoms in total. The van der Waals surface area contributed by atoms with Gasteiger partial charge in [0.2, 0.25) is 0 Å². The third kappa shape index (κ3) is 2.26. The van der Waals surface area contributed by atoms with E-state index in [9.17, 15) is 0 Å². The highest BCUT2D eigenvalue weighted by Crippen LogP contribution is 2.47. The van der Waals surface area contributed by atoms with Crippen LogP contribution in [0, 0.1) is 5.92 Å². The maximum absolute atomic E-state index is 6.17. The van der Waals surface area contributed by atoms with E-state index in [0.29, 0.717) is 5.92 Å². The molecule has 2 heterocycles. The second-order valence-electron chi connectivity index (χ2n) is 6.78. The summed E-state index contributed by atoms with van der Waals surface area (Å²) < 4.78 is 12.3. The van der Waals surface area contributed by atoms with Crippen LogP contribution in [-0.4, -0.2) is 6.61 Å². The molecule has 1 fully saturated rings. The Kier molecular flexibility index (Phi) is 3.39. The van der Waals surface area contributed by atoms with Crippen molar-refractivity contribution in [2.45, 2.75) is 25.2 Å². The van der Waals surface area contributed by atoms with Crippen molar-refractivity contribution < 1.29 is 9.47 Å². The van der Waals surface area contributed by atoms with Crippen molar-refractivity contribution >= 4 is 10.8 Å². The summed E-state index contributed by atoms with van der Waals surface area (Å²) in [6, 6.07) is 23.8. The lowest BCUT2D eigenvalue weighted by Crippen LogP contribution is -2.16. The molecule has 2 heteroatoms. The Morgan fingerprint density at radius 2 is 1.58 bits per heavy atom.